The van der Waals surface area contributed by atoms with Gasteiger partial charge in [0.1, 0.15) is 12.0 Å². The Kier molecular flexibility index (Phi) is 3.92. The van der Waals surface area contributed by atoms with E-state index in [1.165, 1.54) is 24.1 Å². The molecule has 0 heterocycles. The maximum atomic E-state index is 13.3. The molecular weight excluding hydrogens is 265 g/mol. The molecule has 0 spiro atoms. The molecule has 1 aliphatic rings. The molecule has 0 radical (unpaired) electrons. The van der Waals surface area contributed by atoms with E-state index in [-0.39, 0.29) is 18.9 Å². The Bertz CT molecular complexity index is 528. The van der Waals surface area contributed by atoms with Crippen molar-refractivity contribution in [1.29, 1.82) is 0 Å². The first-order valence-electron chi connectivity index (χ1n) is 6.34. The van der Waals surface area contributed by atoms with Gasteiger partial charge in [-0.2, -0.15) is 0 Å². The van der Waals surface area contributed by atoms with Gasteiger partial charge in [-0.25, -0.2) is 4.39 Å². The van der Waals surface area contributed by atoms with Gasteiger partial charge in [0.2, 0.25) is 5.91 Å². The highest BCUT2D eigenvalue weighted by molar-refractivity contribution is 6.04. The molecule has 1 saturated carbocycles. The van der Waals surface area contributed by atoms with Crippen LogP contribution in [0.15, 0.2) is 24.3 Å². The lowest BCUT2D eigenvalue weighted by Crippen LogP contribution is -2.40. The molecule has 0 aromatic heterocycles. The van der Waals surface area contributed by atoms with Gasteiger partial charge < -0.3 is 14.7 Å². The second-order valence-electron chi connectivity index (χ2n) is 4.89. The molecule has 0 bridgehead atoms. The van der Waals surface area contributed by atoms with Crippen LogP contribution in [0, 0.1) is 11.2 Å². The number of aliphatic carboxylic acids is 1. The first-order chi connectivity index (χ1) is 9.47. The number of likely N-dealkylation sites (N-methyl/N-ethyl adjacent to an activating group) is 1. The summed E-state index contributed by atoms with van der Waals surface area (Å²) in [5.74, 6) is -1.84. The van der Waals surface area contributed by atoms with Crippen molar-refractivity contribution in [3.8, 4) is 5.75 Å². The van der Waals surface area contributed by atoms with Gasteiger partial charge in [0, 0.05) is 7.05 Å². The highest BCUT2D eigenvalue weighted by Crippen LogP contribution is 2.47. The summed E-state index contributed by atoms with van der Waals surface area (Å²) in [7, 11) is 1.52. The number of amides is 1. The molecular formula is C14H16FNO4. The van der Waals surface area contributed by atoms with Crippen LogP contribution in [0.4, 0.5) is 4.39 Å². The van der Waals surface area contributed by atoms with E-state index in [9.17, 15) is 14.0 Å². The summed E-state index contributed by atoms with van der Waals surface area (Å²) >= 11 is 0. The Balaban J connectivity index is 1.84. The molecule has 1 aliphatic carbocycles. The van der Waals surface area contributed by atoms with Crippen molar-refractivity contribution in [3.63, 3.8) is 0 Å². The van der Waals surface area contributed by atoms with Crippen LogP contribution >= 0.6 is 0 Å². The van der Waals surface area contributed by atoms with Gasteiger partial charge in [-0.1, -0.05) is 12.1 Å². The molecule has 1 N–H and O–H groups in total. The minimum absolute atomic E-state index is 0.110. The van der Waals surface area contributed by atoms with E-state index >= 15 is 0 Å². The van der Waals surface area contributed by atoms with Crippen molar-refractivity contribution in [2.45, 2.75) is 12.8 Å². The number of rotatable bonds is 6. The van der Waals surface area contributed by atoms with E-state index in [4.69, 9.17) is 9.84 Å². The van der Waals surface area contributed by atoms with Crippen molar-refractivity contribution in [1.82, 2.24) is 4.90 Å². The summed E-state index contributed by atoms with van der Waals surface area (Å²) in [6.45, 7) is 0.321. The monoisotopic (exact) mass is 281 g/mol. The Labute approximate surface area is 116 Å². The van der Waals surface area contributed by atoms with Gasteiger partial charge in [-0.05, 0) is 25.0 Å². The SMILES string of the molecule is CN(CCOc1ccccc1F)C(=O)C1(C(=O)O)CC1. The molecule has 1 amide bonds. The van der Waals surface area contributed by atoms with Gasteiger partial charge in [-0.3, -0.25) is 9.59 Å². The number of halogens is 1. The van der Waals surface area contributed by atoms with Crippen molar-refractivity contribution in [3.05, 3.63) is 30.1 Å². The normalized spacial score (nSPS) is 15.5. The summed E-state index contributed by atoms with van der Waals surface area (Å²) in [4.78, 5) is 24.4. The first kappa shape index (κ1) is 14.3. The topological polar surface area (TPSA) is 66.8 Å². The zero-order chi connectivity index (χ0) is 14.8. The number of carboxylic acids is 1. The second kappa shape index (κ2) is 5.48. The fraction of sp³-hybridized carbons (Fsp3) is 0.429. The van der Waals surface area contributed by atoms with Gasteiger partial charge in [0.05, 0.1) is 6.54 Å². The van der Waals surface area contributed by atoms with Crippen LogP contribution in [0.5, 0.6) is 5.75 Å². The van der Waals surface area contributed by atoms with Crippen molar-refractivity contribution >= 4 is 11.9 Å². The van der Waals surface area contributed by atoms with E-state index in [1.54, 1.807) is 12.1 Å². The molecule has 108 valence electrons. The number of ether oxygens (including phenoxy) is 1. The molecule has 0 saturated heterocycles. The van der Waals surface area contributed by atoms with Crippen LogP contribution < -0.4 is 4.74 Å². The third-order valence-corrected chi connectivity index (χ3v) is 3.44. The average molecular weight is 281 g/mol. The zero-order valence-electron chi connectivity index (χ0n) is 11.1. The lowest BCUT2D eigenvalue weighted by Gasteiger charge is -2.21. The molecule has 20 heavy (non-hydrogen) atoms. The second-order valence-corrected chi connectivity index (χ2v) is 4.89. The summed E-state index contributed by atoms with van der Waals surface area (Å²) in [6, 6.07) is 5.99. The maximum Gasteiger partial charge on any atom is 0.319 e. The van der Waals surface area contributed by atoms with Crippen LogP contribution in [-0.4, -0.2) is 42.1 Å². The molecule has 6 heteroatoms. The molecule has 0 atom stereocenters. The van der Waals surface area contributed by atoms with Crippen molar-refractivity contribution in [2.75, 3.05) is 20.2 Å². The van der Waals surface area contributed by atoms with Gasteiger partial charge >= 0.3 is 5.97 Å². The largest absolute Gasteiger partial charge is 0.489 e. The van der Waals surface area contributed by atoms with Gasteiger partial charge in [0.25, 0.3) is 0 Å². The number of carbonyl (C=O) groups excluding carboxylic acids is 1. The number of hydrogen-bond donors (Lipinski definition) is 1. The van der Waals surface area contributed by atoms with E-state index in [0.717, 1.165) is 0 Å². The maximum absolute atomic E-state index is 13.3. The predicted octanol–water partition coefficient (Wildman–Crippen LogP) is 1.53. The zero-order valence-corrected chi connectivity index (χ0v) is 11.1. The van der Waals surface area contributed by atoms with Crippen LogP contribution in [0.1, 0.15) is 12.8 Å². The fourth-order valence-corrected chi connectivity index (χ4v) is 1.97. The molecule has 2 rings (SSSR count). The van der Waals surface area contributed by atoms with Crippen LogP contribution in [0.25, 0.3) is 0 Å². The Morgan fingerprint density at radius 1 is 1.40 bits per heavy atom. The summed E-state index contributed by atoms with van der Waals surface area (Å²) in [5, 5.41) is 9.03. The van der Waals surface area contributed by atoms with Crippen LogP contribution in [0.3, 0.4) is 0 Å². The number of carboxylic acid groups (broad SMARTS) is 1. The molecule has 1 aromatic carbocycles. The molecule has 0 aliphatic heterocycles. The quantitative estimate of drug-likeness (QED) is 0.803. The van der Waals surface area contributed by atoms with Crippen LogP contribution in [-0.2, 0) is 9.59 Å². The molecule has 1 aromatic rings. The number of benzene rings is 1. The lowest BCUT2D eigenvalue weighted by molar-refractivity contribution is -0.153. The molecule has 5 nitrogen and oxygen atoms in total. The molecule has 1 fully saturated rings. The van der Waals surface area contributed by atoms with E-state index in [1.807, 2.05) is 0 Å². The smallest absolute Gasteiger partial charge is 0.319 e. The number of nitrogens with zero attached hydrogens (tertiary/aromatic N) is 1. The first-order valence-corrected chi connectivity index (χ1v) is 6.34. The van der Waals surface area contributed by atoms with Crippen molar-refractivity contribution < 1.29 is 23.8 Å². The standard InChI is InChI=1S/C14H16FNO4/c1-16(12(17)14(6-7-14)13(18)19)8-9-20-11-5-3-2-4-10(11)15/h2-5H,6-9H2,1H3,(H,18,19). The minimum atomic E-state index is -1.24. The highest BCUT2D eigenvalue weighted by atomic mass is 19.1. The van der Waals surface area contributed by atoms with E-state index < -0.39 is 23.1 Å². The van der Waals surface area contributed by atoms with Gasteiger partial charge in [-0.15, -0.1) is 0 Å². The Morgan fingerprint density at radius 3 is 2.60 bits per heavy atom. The molecule has 0 unspecified atom stereocenters. The predicted molar refractivity (Wildman–Crippen MR) is 68.8 cm³/mol. The van der Waals surface area contributed by atoms with Crippen molar-refractivity contribution in [2.24, 2.45) is 5.41 Å². The summed E-state index contributed by atoms with van der Waals surface area (Å²) in [5.41, 5.74) is -1.24. The number of hydrogen-bond acceptors (Lipinski definition) is 3. The third kappa shape index (κ3) is 2.74. The summed E-state index contributed by atoms with van der Waals surface area (Å²) < 4.78 is 18.5. The lowest BCUT2D eigenvalue weighted by atomic mass is 10.1. The van der Waals surface area contributed by atoms with E-state index in [2.05, 4.69) is 0 Å². The minimum Gasteiger partial charge on any atom is -0.489 e. The Morgan fingerprint density at radius 2 is 2.05 bits per heavy atom. The number of carbonyl (C=O) groups is 2. The van der Waals surface area contributed by atoms with Gasteiger partial charge in [0.15, 0.2) is 11.6 Å². The Hall–Kier alpha value is -2.11. The van der Waals surface area contributed by atoms with E-state index in [0.29, 0.717) is 12.8 Å². The highest BCUT2D eigenvalue weighted by Gasteiger charge is 2.58. The fourth-order valence-electron chi connectivity index (χ4n) is 1.97. The third-order valence-electron chi connectivity index (χ3n) is 3.44. The van der Waals surface area contributed by atoms with Crippen LogP contribution in [0.2, 0.25) is 0 Å². The summed E-state index contributed by atoms with van der Waals surface area (Å²) in [6.07, 6.45) is 0.749. The average Bonchev–Trinajstić information content (AvgIpc) is 3.21. The number of para-hydroxylation sites is 1.